The van der Waals surface area contributed by atoms with Crippen molar-refractivity contribution in [3.63, 3.8) is 0 Å². The Morgan fingerprint density at radius 1 is 0.789 bits per heavy atom. The molecule has 0 fully saturated rings. The summed E-state index contributed by atoms with van der Waals surface area (Å²) in [4.78, 5) is 24.6. The van der Waals surface area contributed by atoms with Crippen molar-refractivity contribution in [2.24, 2.45) is 0 Å². The Bertz CT molecular complexity index is 1510. The summed E-state index contributed by atoms with van der Waals surface area (Å²) in [5.41, 5.74) is 4.19. The molecule has 38 heavy (non-hydrogen) atoms. The van der Waals surface area contributed by atoms with Crippen molar-refractivity contribution in [1.29, 1.82) is 0 Å². The minimum Gasteiger partial charge on any atom is -0.478 e. The van der Waals surface area contributed by atoms with E-state index in [9.17, 15) is 14.7 Å². The number of rotatable bonds is 6. The maximum absolute atomic E-state index is 13.0. The third-order valence-electron chi connectivity index (χ3n) is 6.01. The van der Waals surface area contributed by atoms with E-state index in [1.54, 1.807) is 24.3 Å². The summed E-state index contributed by atoms with van der Waals surface area (Å²) in [5.74, 6) is 0.0281. The van der Waals surface area contributed by atoms with Crippen LogP contribution in [0.5, 0.6) is 11.5 Å². The minimum absolute atomic E-state index is 0.0683. The van der Waals surface area contributed by atoms with Crippen LogP contribution in [0.25, 0.3) is 11.1 Å². The molecule has 4 aromatic rings. The van der Waals surface area contributed by atoms with E-state index >= 15 is 0 Å². The van der Waals surface area contributed by atoms with Crippen LogP contribution in [-0.4, -0.2) is 17.1 Å². The predicted molar refractivity (Wildman–Crippen MR) is 153 cm³/mol. The summed E-state index contributed by atoms with van der Waals surface area (Å²) >= 11 is 6.20. The fourth-order valence-corrected chi connectivity index (χ4v) is 4.29. The van der Waals surface area contributed by atoms with Gasteiger partial charge in [-0.05, 0) is 71.5 Å². The standard InChI is InChI=1S/C31H29ClN2O4/c1-19-9-5-7-11-25(19)33-30(37)34-26-18-20(21-15-22(29(35)36)17-23(32)16-21)13-14-28(26)38-27-12-8-6-10-24(27)31(2,3)4/h5-18H,1-4H3,(H,35,36)(H2,33,34,37). The van der Waals surface area contributed by atoms with E-state index in [2.05, 4.69) is 31.4 Å². The number of halogens is 1. The number of carbonyl (C=O) groups is 2. The third-order valence-corrected chi connectivity index (χ3v) is 6.23. The molecular weight excluding hydrogens is 500 g/mol. The van der Waals surface area contributed by atoms with Gasteiger partial charge in [-0.25, -0.2) is 9.59 Å². The highest BCUT2D eigenvalue weighted by molar-refractivity contribution is 6.31. The van der Waals surface area contributed by atoms with Gasteiger partial charge in [0.25, 0.3) is 0 Å². The van der Waals surface area contributed by atoms with Gasteiger partial charge in [-0.15, -0.1) is 0 Å². The average Bonchev–Trinajstić information content (AvgIpc) is 2.85. The number of carboxylic acid groups (broad SMARTS) is 1. The Kier molecular flexibility index (Phi) is 7.74. The summed E-state index contributed by atoms with van der Waals surface area (Å²) in [6.45, 7) is 8.22. The highest BCUT2D eigenvalue weighted by Gasteiger charge is 2.20. The zero-order valence-electron chi connectivity index (χ0n) is 21.6. The molecule has 0 spiro atoms. The van der Waals surface area contributed by atoms with E-state index < -0.39 is 12.0 Å². The van der Waals surface area contributed by atoms with E-state index in [-0.39, 0.29) is 11.0 Å². The van der Waals surface area contributed by atoms with Gasteiger partial charge in [-0.2, -0.15) is 0 Å². The number of amides is 2. The predicted octanol–water partition coefficient (Wildman–Crippen LogP) is 8.75. The van der Waals surface area contributed by atoms with Gasteiger partial charge in [0.2, 0.25) is 0 Å². The molecule has 4 aromatic carbocycles. The van der Waals surface area contributed by atoms with Gasteiger partial charge >= 0.3 is 12.0 Å². The maximum atomic E-state index is 13.0. The van der Waals surface area contributed by atoms with E-state index in [0.29, 0.717) is 39.0 Å². The molecule has 0 unspecified atom stereocenters. The van der Waals surface area contributed by atoms with Crippen LogP contribution < -0.4 is 15.4 Å². The second-order valence-corrected chi connectivity index (χ2v) is 10.4. The zero-order chi connectivity index (χ0) is 27.4. The van der Waals surface area contributed by atoms with Gasteiger partial charge in [0, 0.05) is 16.3 Å². The van der Waals surface area contributed by atoms with Crippen LogP contribution in [0.15, 0.2) is 84.9 Å². The largest absolute Gasteiger partial charge is 0.478 e. The summed E-state index contributed by atoms with van der Waals surface area (Å²) < 4.78 is 6.36. The quantitative estimate of drug-likeness (QED) is 0.233. The summed E-state index contributed by atoms with van der Waals surface area (Å²) in [6.07, 6.45) is 0. The lowest BCUT2D eigenvalue weighted by atomic mass is 9.86. The molecule has 3 N–H and O–H groups in total. The molecule has 0 radical (unpaired) electrons. The van der Waals surface area contributed by atoms with Gasteiger partial charge in [0.15, 0.2) is 5.75 Å². The Labute approximate surface area is 227 Å². The van der Waals surface area contributed by atoms with E-state index in [0.717, 1.165) is 11.1 Å². The topological polar surface area (TPSA) is 87.7 Å². The normalized spacial score (nSPS) is 11.1. The SMILES string of the molecule is Cc1ccccc1NC(=O)Nc1cc(-c2cc(Cl)cc(C(=O)O)c2)ccc1Oc1ccccc1C(C)(C)C. The van der Waals surface area contributed by atoms with Crippen LogP contribution >= 0.6 is 11.6 Å². The van der Waals surface area contributed by atoms with Crippen LogP contribution in [0.1, 0.15) is 42.3 Å². The number of carbonyl (C=O) groups excluding carboxylic acids is 1. The number of benzene rings is 4. The van der Waals surface area contributed by atoms with Gasteiger partial charge in [0.1, 0.15) is 5.75 Å². The number of carboxylic acids is 1. The Morgan fingerprint density at radius 3 is 2.18 bits per heavy atom. The molecule has 194 valence electrons. The van der Waals surface area contributed by atoms with Gasteiger partial charge in [0.05, 0.1) is 11.3 Å². The lowest BCUT2D eigenvalue weighted by molar-refractivity contribution is 0.0697. The Morgan fingerprint density at radius 2 is 1.47 bits per heavy atom. The fourth-order valence-electron chi connectivity index (χ4n) is 4.06. The highest BCUT2D eigenvalue weighted by Crippen LogP contribution is 2.39. The summed E-state index contributed by atoms with van der Waals surface area (Å²) in [6, 6.07) is 24.7. The van der Waals surface area contributed by atoms with Gasteiger partial charge in [-0.3, -0.25) is 0 Å². The minimum atomic E-state index is -1.08. The van der Waals surface area contributed by atoms with Crippen LogP contribution in [0.3, 0.4) is 0 Å². The molecule has 0 aliphatic heterocycles. The number of hydrogen-bond acceptors (Lipinski definition) is 3. The van der Waals surface area contributed by atoms with Crippen LogP contribution in [-0.2, 0) is 5.41 Å². The molecule has 0 atom stereocenters. The molecule has 7 heteroatoms. The maximum Gasteiger partial charge on any atom is 0.335 e. The number of para-hydroxylation sites is 2. The molecule has 0 aromatic heterocycles. The number of ether oxygens (including phenoxy) is 1. The van der Waals surface area contributed by atoms with Crippen LogP contribution in [0, 0.1) is 6.92 Å². The van der Waals surface area contributed by atoms with E-state index in [1.165, 1.54) is 12.1 Å². The first-order valence-electron chi connectivity index (χ1n) is 12.1. The van der Waals surface area contributed by atoms with Crippen molar-refractivity contribution in [1.82, 2.24) is 0 Å². The van der Waals surface area contributed by atoms with Crippen molar-refractivity contribution >= 4 is 35.0 Å². The molecule has 0 aliphatic rings. The first-order chi connectivity index (χ1) is 18.0. The molecule has 0 saturated carbocycles. The number of hydrogen-bond donors (Lipinski definition) is 3. The first-order valence-corrected chi connectivity index (χ1v) is 12.5. The fraction of sp³-hybridized carbons (Fsp3) is 0.161. The number of nitrogens with one attached hydrogen (secondary N) is 2. The van der Waals surface area contributed by atoms with Crippen molar-refractivity contribution in [3.8, 4) is 22.6 Å². The van der Waals surface area contributed by atoms with Crippen molar-refractivity contribution < 1.29 is 19.4 Å². The second-order valence-electron chi connectivity index (χ2n) is 9.99. The monoisotopic (exact) mass is 528 g/mol. The lowest BCUT2D eigenvalue weighted by Crippen LogP contribution is -2.20. The van der Waals surface area contributed by atoms with Crippen molar-refractivity contribution in [2.75, 3.05) is 10.6 Å². The van der Waals surface area contributed by atoms with Crippen molar-refractivity contribution in [2.45, 2.75) is 33.1 Å². The molecule has 4 rings (SSSR count). The first kappa shape index (κ1) is 26.8. The Balaban J connectivity index is 1.75. The van der Waals surface area contributed by atoms with Gasteiger partial charge < -0.3 is 20.5 Å². The number of urea groups is 1. The molecule has 0 heterocycles. The molecule has 0 saturated heterocycles. The lowest BCUT2D eigenvalue weighted by Gasteiger charge is -2.23. The summed E-state index contributed by atoms with van der Waals surface area (Å²) in [7, 11) is 0. The highest BCUT2D eigenvalue weighted by atomic mass is 35.5. The summed E-state index contributed by atoms with van der Waals surface area (Å²) in [5, 5.41) is 15.5. The smallest absolute Gasteiger partial charge is 0.335 e. The number of anilines is 2. The average molecular weight is 529 g/mol. The molecule has 0 bridgehead atoms. The van der Waals surface area contributed by atoms with E-state index in [1.807, 2.05) is 55.5 Å². The molecule has 2 amide bonds. The molecule has 0 aliphatic carbocycles. The molecular formula is C31H29ClN2O4. The Hall–Kier alpha value is -4.29. The van der Waals surface area contributed by atoms with Gasteiger partial charge in [-0.1, -0.05) is 74.8 Å². The van der Waals surface area contributed by atoms with Crippen LogP contribution in [0.4, 0.5) is 16.2 Å². The third kappa shape index (κ3) is 6.33. The zero-order valence-corrected chi connectivity index (χ0v) is 22.4. The second kappa shape index (κ2) is 11.0. The molecule has 6 nitrogen and oxygen atoms in total. The van der Waals surface area contributed by atoms with E-state index in [4.69, 9.17) is 16.3 Å². The number of aryl methyl sites for hydroxylation is 1. The van der Waals surface area contributed by atoms with Crippen molar-refractivity contribution in [3.05, 3.63) is 107 Å². The number of aromatic carboxylic acids is 1. The van der Waals surface area contributed by atoms with Crippen LogP contribution in [0.2, 0.25) is 5.02 Å².